The third-order valence-electron chi connectivity index (χ3n) is 4.46. The van der Waals surface area contributed by atoms with Crippen LogP contribution in [0.5, 0.6) is 0 Å². The second kappa shape index (κ2) is 4.67. The Bertz CT molecular complexity index is 329. The van der Waals surface area contributed by atoms with Gasteiger partial charge in [0.2, 0.25) is 5.91 Å². The van der Waals surface area contributed by atoms with Crippen LogP contribution in [0, 0.1) is 17.8 Å². The molecule has 0 aromatic rings. The number of carbonyl (C=O) groups excluding carboxylic acids is 1. The molecule has 1 aliphatic heterocycles. The molecule has 4 heteroatoms. The van der Waals surface area contributed by atoms with Crippen molar-refractivity contribution in [3.05, 3.63) is 0 Å². The number of hydrogen-bond acceptors (Lipinski definition) is 2. The first-order valence-corrected chi connectivity index (χ1v) is 6.59. The summed E-state index contributed by atoms with van der Waals surface area (Å²) in [5.41, 5.74) is 0. The van der Waals surface area contributed by atoms with Crippen molar-refractivity contribution in [3.63, 3.8) is 0 Å². The van der Waals surface area contributed by atoms with Crippen molar-refractivity contribution in [2.75, 3.05) is 6.54 Å². The van der Waals surface area contributed by atoms with Crippen LogP contribution in [0.1, 0.15) is 39.5 Å². The third-order valence-corrected chi connectivity index (χ3v) is 4.46. The lowest BCUT2D eigenvalue weighted by atomic mass is 9.94. The topological polar surface area (TPSA) is 57.6 Å². The largest absolute Gasteiger partial charge is 0.480 e. The molecule has 0 bridgehead atoms. The molecular weight excluding hydrogens is 218 g/mol. The zero-order valence-corrected chi connectivity index (χ0v) is 10.6. The standard InChI is InChI=1S/C13H21NO3/c1-3-8(2)12(15)14-7-9-5-4-6-10(9)11(14)13(16)17/h8-11H,3-7H2,1-2H3,(H,16,17). The van der Waals surface area contributed by atoms with Crippen molar-refractivity contribution in [2.24, 2.45) is 17.8 Å². The second-order valence-electron chi connectivity index (χ2n) is 5.44. The Labute approximate surface area is 102 Å². The molecule has 2 aliphatic rings. The number of carboxylic acids is 1. The molecule has 2 fully saturated rings. The number of carbonyl (C=O) groups is 2. The summed E-state index contributed by atoms with van der Waals surface area (Å²) in [6.07, 6.45) is 3.94. The van der Waals surface area contributed by atoms with Gasteiger partial charge < -0.3 is 10.0 Å². The van der Waals surface area contributed by atoms with Crippen molar-refractivity contribution < 1.29 is 14.7 Å². The van der Waals surface area contributed by atoms with Crippen LogP contribution in [-0.4, -0.2) is 34.5 Å². The summed E-state index contributed by atoms with van der Waals surface area (Å²) in [6, 6.07) is -0.566. The van der Waals surface area contributed by atoms with Gasteiger partial charge in [0.1, 0.15) is 6.04 Å². The highest BCUT2D eigenvalue weighted by Gasteiger charge is 2.49. The molecule has 1 saturated carbocycles. The van der Waals surface area contributed by atoms with Gasteiger partial charge in [0, 0.05) is 12.5 Å². The highest BCUT2D eigenvalue weighted by atomic mass is 16.4. The molecule has 1 heterocycles. The van der Waals surface area contributed by atoms with Gasteiger partial charge >= 0.3 is 5.97 Å². The molecule has 96 valence electrons. The fraction of sp³-hybridized carbons (Fsp3) is 0.846. The lowest BCUT2D eigenvalue weighted by molar-refractivity contribution is -0.151. The maximum Gasteiger partial charge on any atom is 0.326 e. The number of likely N-dealkylation sites (tertiary alicyclic amines) is 1. The second-order valence-corrected chi connectivity index (χ2v) is 5.44. The minimum Gasteiger partial charge on any atom is -0.480 e. The van der Waals surface area contributed by atoms with E-state index in [0.717, 1.165) is 25.7 Å². The highest BCUT2D eigenvalue weighted by Crippen LogP contribution is 2.42. The summed E-state index contributed by atoms with van der Waals surface area (Å²) in [6.45, 7) is 4.51. The van der Waals surface area contributed by atoms with Gasteiger partial charge in [-0.1, -0.05) is 20.3 Å². The fourth-order valence-electron chi connectivity index (χ4n) is 3.31. The van der Waals surface area contributed by atoms with Gasteiger partial charge in [-0.2, -0.15) is 0 Å². The molecule has 0 aromatic heterocycles. The Morgan fingerprint density at radius 1 is 1.41 bits per heavy atom. The summed E-state index contributed by atoms with van der Waals surface area (Å²) >= 11 is 0. The zero-order valence-electron chi connectivity index (χ0n) is 10.6. The van der Waals surface area contributed by atoms with E-state index in [-0.39, 0.29) is 17.7 Å². The van der Waals surface area contributed by atoms with Crippen LogP contribution >= 0.6 is 0 Å². The Morgan fingerprint density at radius 2 is 2.12 bits per heavy atom. The predicted octanol–water partition coefficient (Wildman–Crippen LogP) is 1.74. The normalized spacial score (nSPS) is 33.5. The predicted molar refractivity (Wildman–Crippen MR) is 63.4 cm³/mol. The van der Waals surface area contributed by atoms with E-state index in [9.17, 15) is 14.7 Å². The van der Waals surface area contributed by atoms with E-state index < -0.39 is 12.0 Å². The lowest BCUT2D eigenvalue weighted by Gasteiger charge is -2.26. The van der Waals surface area contributed by atoms with E-state index in [2.05, 4.69) is 0 Å². The number of fused-ring (bicyclic) bond motifs is 1. The van der Waals surface area contributed by atoms with E-state index >= 15 is 0 Å². The van der Waals surface area contributed by atoms with Crippen LogP contribution in [0.25, 0.3) is 0 Å². The average Bonchev–Trinajstić information content (AvgIpc) is 2.85. The van der Waals surface area contributed by atoms with Gasteiger partial charge in [-0.15, -0.1) is 0 Å². The number of amides is 1. The summed E-state index contributed by atoms with van der Waals surface area (Å²) < 4.78 is 0. The van der Waals surface area contributed by atoms with E-state index in [4.69, 9.17) is 0 Å². The monoisotopic (exact) mass is 239 g/mol. The molecule has 4 atom stereocenters. The first kappa shape index (κ1) is 12.4. The number of hydrogen-bond donors (Lipinski definition) is 1. The molecule has 2 rings (SSSR count). The quantitative estimate of drug-likeness (QED) is 0.816. The summed E-state index contributed by atoms with van der Waals surface area (Å²) in [5, 5.41) is 9.34. The van der Waals surface area contributed by atoms with Crippen molar-refractivity contribution in [3.8, 4) is 0 Å². The van der Waals surface area contributed by atoms with Gasteiger partial charge in [0.05, 0.1) is 0 Å². The van der Waals surface area contributed by atoms with Crippen molar-refractivity contribution in [1.29, 1.82) is 0 Å². The van der Waals surface area contributed by atoms with Gasteiger partial charge in [0.15, 0.2) is 0 Å². The van der Waals surface area contributed by atoms with Crippen LogP contribution < -0.4 is 0 Å². The molecule has 0 radical (unpaired) electrons. The molecule has 1 aliphatic carbocycles. The molecule has 4 unspecified atom stereocenters. The van der Waals surface area contributed by atoms with Crippen LogP contribution in [0.3, 0.4) is 0 Å². The molecule has 4 nitrogen and oxygen atoms in total. The van der Waals surface area contributed by atoms with E-state index in [1.54, 1.807) is 4.90 Å². The molecule has 0 spiro atoms. The van der Waals surface area contributed by atoms with Crippen LogP contribution in [0.2, 0.25) is 0 Å². The number of aliphatic carboxylic acids is 1. The number of nitrogens with zero attached hydrogens (tertiary/aromatic N) is 1. The molecule has 0 aromatic carbocycles. The van der Waals surface area contributed by atoms with E-state index in [0.29, 0.717) is 12.5 Å². The van der Waals surface area contributed by atoms with Gasteiger partial charge in [0.25, 0.3) is 0 Å². The summed E-state index contributed by atoms with van der Waals surface area (Å²) in [4.78, 5) is 25.2. The molecule has 1 amide bonds. The number of rotatable bonds is 3. The van der Waals surface area contributed by atoms with Gasteiger partial charge in [-0.05, 0) is 31.1 Å². The maximum atomic E-state index is 12.2. The Hall–Kier alpha value is -1.06. The third kappa shape index (κ3) is 2.05. The minimum absolute atomic E-state index is 0.0225. The Kier molecular flexibility index (Phi) is 3.40. The summed E-state index contributed by atoms with van der Waals surface area (Å²) in [7, 11) is 0. The van der Waals surface area contributed by atoms with Crippen LogP contribution in [0.15, 0.2) is 0 Å². The fourth-order valence-corrected chi connectivity index (χ4v) is 3.31. The van der Waals surface area contributed by atoms with Crippen molar-refractivity contribution in [1.82, 2.24) is 4.90 Å². The maximum absolute atomic E-state index is 12.2. The molecule has 17 heavy (non-hydrogen) atoms. The molecule has 1 saturated heterocycles. The average molecular weight is 239 g/mol. The van der Waals surface area contributed by atoms with E-state index in [1.807, 2.05) is 13.8 Å². The SMILES string of the molecule is CCC(C)C(=O)N1CC2CCCC2C1C(=O)O. The van der Waals surface area contributed by atoms with E-state index in [1.165, 1.54) is 0 Å². The first-order chi connectivity index (χ1) is 8.06. The number of carboxylic acid groups (broad SMARTS) is 1. The Morgan fingerprint density at radius 3 is 2.71 bits per heavy atom. The van der Waals surface area contributed by atoms with Crippen molar-refractivity contribution >= 4 is 11.9 Å². The lowest BCUT2D eigenvalue weighted by Crippen LogP contribution is -2.45. The van der Waals surface area contributed by atoms with Gasteiger partial charge in [-0.3, -0.25) is 4.79 Å². The van der Waals surface area contributed by atoms with Gasteiger partial charge in [-0.25, -0.2) is 4.79 Å². The molecular formula is C13H21NO3. The zero-order chi connectivity index (χ0) is 12.6. The highest BCUT2D eigenvalue weighted by molar-refractivity contribution is 5.86. The van der Waals surface area contributed by atoms with Crippen LogP contribution in [-0.2, 0) is 9.59 Å². The minimum atomic E-state index is -0.823. The smallest absolute Gasteiger partial charge is 0.326 e. The van der Waals surface area contributed by atoms with Crippen molar-refractivity contribution in [2.45, 2.75) is 45.6 Å². The van der Waals surface area contributed by atoms with Crippen LogP contribution in [0.4, 0.5) is 0 Å². The Balaban J connectivity index is 2.17. The molecule has 1 N–H and O–H groups in total. The first-order valence-electron chi connectivity index (χ1n) is 6.59. The summed E-state index contributed by atoms with van der Waals surface area (Å²) in [5.74, 6) is -0.245.